The fourth-order valence-corrected chi connectivity index (χ4v) is 3.38. The monoisotopic (exact) mass is 307 g/mol. The number of nitrogens with zero attached hydrogens (tertiary/aromatic N) is 4. The molecule has 3 rings (SSSR count). The van der Waals surface area contributed by atoms with Crippen LogP contribution in [0.15, 0.2) is 12.4 Å². The minimum absolute atomic E-state index is 0.0421. The summed E-state index contributed by atoms with van der Waals surface area (Å²) in [7, 11) is 5.53. The molecular weight excluding hydrogens is 282 g/mol. The molecule has 0 spiro atoms. The zero-order chi connectivity index (χ0) is 15.7. The van der Waals surface area contributed by atoms with Gasteiger partial charge in [0.25, 0.3) is 0 Å². The minimum Gasteiger partial charge on any atom is -0.374 e. The third-order valence-corrected chi connectivity index (χ3v) is 4.61. The smallest absolute Gasteiger partial charge is 0.317 e. The second-order valence-electron chi connectivity index (χ2n) is 6.38. The van der Waals surface area contributed by atoms with Crippen LogP contribution in [0.3, 0.4) is 0 Å². The van der Waals surface area contributed by atoms with E-state index in [1.54, 1.807) is 19.0 Å². The van der Waals surface area contributed by atoms with Crippen molar-refractivity contribution in [2.75, 3.05) is 27.2 Å². The van der Waals surface area contributed by atoms with Gasteiger partial charge in [0.15, 0.2) is 0 Å². The average molecular weight is 307 g/mol. The first-order valence-corrected chi connectivity index (χ1v) is 7.86. The highest BCUT2D eigenvalue weighted by atomic mass is 16.5. The van der Waals surface area contributed by atoms with Gasteiger partial charge in [0.1, 0.15) is 5.82 Å². The van der Waals surface area contributed by atoms with Crippen molar-refractivity contribution >= 4 is 6.03 Å². The van der Waals surface area contributed by atoms with E-state index in [1.807, 2.05) is 24.0 Å². The molecule has 2 fully saturated rings. The number of fused-ring (bicyclic) bond motifs is 1. The van der Waals surface area contributed by atoms with Crippen molar-refractivity contribution in [1.82, 2.24) is 24.7 Å². The molecule has 3 atom stereocenters. The topological polar surface area (TPSA) is 62.6 Å². The summed E-state index contributed by atoms with van der Waals surface area (Å²) in [5.74, 6) is 1.05. The van der Waals surface area contributed by atoms with E-state index in [2.05, 4.69) is 15.2 Å². The summed E-state index contributed by atoms with van der Waals surface area (Å²) in [6.07, 6.45) is 6.06. The second kappa shape index (κ2) is 6.26. The van der Waals surface area contributed by atoms with Crippen LogP contribution in [0.2, 0.25) is 0 Å². The first kappa shape index (κ1) is 15.3. The molecule has 1 aromatic heterocycles. The molecule has 7 nitrogen and oxygen atoms in total. The normalized spacial score (nSPS) is 28.4. The molecule has 1 N–H and O–H groups in total. The number of imidazole rings is 1. The maximum absolute atomic E-state index is 12.0. The first-order valence-electron chi connectivity index (χ1n) is 7.86. The number of hydrogen-bond donors (Lipinski definition) is 1. The third kappa shape index (κ3) is 2.96. The number of hydrogen-bond acceptors (Lipinski definition) is 4. The lowest BCUT2D eigenvalue weighted by atomic mass is 10.0. The van der Waals surface area contributed by atoms with Crippen molar-refractivity contribution < 1.29 is 9.53 Å². The van der Waals surface area contributed by atoms with Crippen molar-refractivity contribution in [3.8, 4) is 0 Å². The highest BCUT2D eigenvalue weighted by molar-refractivity contribution is 5.74. The van der Waals surface area contributed by atoms with Crippen molar-refractivity contribution in [2.45, 2.75) is 37.6 Å². The maximum Gasteiger partial charge on any atom is 0.317 e. The summed E-state index contributed by atoms with van der Waals surface area (Å²) >= 11 is 0. The molecule has 0 radical (unpaired) electrons. The van der Waals surface area contributed by atoms with Crippen LogP contribution in [0.25, 0.3) is 0 Å². The first-order chi connectivity index (χ1) is 10.6. The quantitative estimate of drug-likeness (QED) is 0.879. The molecule has 0 unspecified atom stereocenters. The van der Waals surface area contributed by atoms with E-state index in [0.29, 0.717) is 6.04 Å². The van der Waals surface area contributed by atoms with Crippen LogP contribution in [0, 0.1) is 0 Å². The number of rotatable bonds is 3. The van der Waals surface area contributed by atoms with Gasteiger partial charge >= 0.3 is 6.03 Å². The Kier molecular flexibility index (Phi) is 4.35. The molecule has 2 aliphatic rings. The van der Waals surface area contributed by atoms with Gasteiger partial charge in [-0.2, -0.15) is 0 Å². The Morgan fingerprint density at radius 1 is 1.55 bits per heavy atom. The van der Waals surface area contributed by atoms with Gasteiger partial charge in [-0.3, -0.25) is 4.90 Å². The van der Waals surface area contributed by atoms with E-state index < -0.39 is 0 Å². The van der Waals surface area contributed by atoms with Crippen molar-refractivity contribution in [3.05, 3.63) is 18.2 Å². The summed E-state index contributed by atoms with van der Waals surface area (Å²) < 4.78 is 8.02. The van der Waals surface area contributed by atoms with E-state index in [9.17, 15) is 4.79 Å². The lowest BCUT2D eigenvalue weighted by molar-refractivity contribution is -0.0211. The summed E-state index contributed by atoms with van der Waals surface area (Å²) in [6.45, 7) is 2.38. The molecule has 2 amide bonds. The average Bonchev–Trinajstić information content (AvgIpc) is 3.05. The standard InChI is InChI=1S/C15H25N5O2/c1-18(2)15(21)17-11-9-20(10-13-16-6-7-19(13)3)12-5-4-8-22-14(11)12/h6-7,11-12,14H,4-5,8-10H2,1-3H3,(H,17,21)/t11-,12-,14-/m1/s1. The predicted octanol–water partition coefficient (Wildman–Crippen LogP) is 0.423. The van der Waals surface area contributed by atoms with E-state index in [0.717, 1.165) is 38.4 Å². The van der Waals surface area contributed by atoms with E-state index >= 15 is 0 Å². The van der Waals surface area contributed by atoms with Crippen molar-refractivity contribution in [1.29, 1.82) is 0 Å². The van der Waals surface area contributed by atoms with Gasteiger partial charge in [-0.05, 0) is 12.8 Å². The molecule has 22 heavy (non-hydrogen) atoms. The molecule has 122 valence electrons. The Hall–Kier alpha value is -1.60. The van der Waals surface area contributed by atoms with Gasteiger partial charge in [0.2, 0.25) is 0 Å². The van der Waals surface area contributed by atoms with Gasteiger partial charge in [0, 0.05) is 52.7 Å². The van der Waals surface area contributed by atoms with Gasteiger partial charge in [0.05, 0.1) is 18.7 Å². The van der Waals surface area contributed by atoms with Gasteiger partial charge < -0.3 is 19.5 Å². The molecule has 0 bridgehead atoms. The molecule has 7 heteroatoms. The fourth-order valence-electron chi connectivity index (χ4n) is 3.38. The van der Waals surface area contributed by atoms with Crippen LogP contribution in [-0.2, 0) is 18.3 Å². The second-order valence-corrected chi connectivity index (χ2v) is 6.38. The van der Waals surface area contributed by atoms with Gasteiger partial charge in [-0.15, -0.1) is 0 Å². The Morgan fingerprint density at radius 3 is 3.05 bits per heavy atom. The lowest BCUT2D eigenvalue weighted by Gasteiger charge is -2.32. The maximum atomic E-state index is 12.0. The molecule has 0 aromatic carbocycles. The largest absolute Gasteiger partial charge is 0.374 e. The summed E-state index contributed by atoms with van der Waals surface area (Å²) in [5.41, 5.74) is 0. The van der Waals surface area contributed by atoms with Crippen molar-refractivity contribution in [2.24, 2.45) is 7.05 Å². The van der Waals surface area contributed by atoms with E-state index in [1.165, 1.54) is 0 Å². The number of carbonyl (C=O) groups excluding carboxylic acids is 1. The molecule has 2 saturated heterocycles. The number of nitrogens with one attached hydrogen (secondary N) is 1. The van der Waals surface area contributed by atoms with Gasteiger partial charge in [-0.1, -0.05) is 0 Å². The van der Waals surface area contributed by atoms with Crippen LogP contribution < -0.4 is 5.32 Å². The number of carbonyl (C=O) groups is 1. The molecule has 0 saturated carbocycles. The molecule has 3 heterocycles. The van der Waals surface area contributed by atoms with E-state index in [4.69, 9.17) is 4.74 Å². The number of urea groups is 1. The number of likely N-dealkylation sites (tertiary alicyclic amines) is 1. The van der Waals surface area contributed by atoms with Crippen LogP contribution >= 0.6 is 0 Å². The van der Waals surface area contributed by atoms with Crippen LogP contribution in [-0.4, -0.2) is 70.8 Å². The summed E-state index contributed by atoms with van der Waals surface area (Å²) in [5, 5.41) is 3.09. The van der Waals surface area contributed by atoms with Crippen LogP contribution in [0.5, 0.6) is 0 Å². The molecule has 2 aliphatic heterocycles. The minimum atomic E-state index is -0.0586. The van der Waals surface area contributed by atoms with Crippen molar-refractivity contribution in [3.63, 3.8) is 0 Å². The number of aryl methyl sites for hydroxylation is 1. The third-order valence-electron chi connectivity index (χ3n) is 4.61. The molecular formula is C15H25N5O2. The van der Waals surface area contributed by atoms with Crippen LogP contribution in [0.1, 0.15) is 18.7 Å². The SMILES string of the molecule is CN(C)C(=O)N[C@@H]1CN(Cc2nccn2C)[C@@H]2CCCO[C@@H]21. The summed E-state index contributed by atoms with van der Waals surface area (Å²) in [6, 6.07) is 0.343. The zero-order valence-corrected chi connectivity index (χ0v) is 13.5. The molecule has 1 aromatic rings. The summed E-state index contributed by atoms with van der Waals surface area (Å²) in [4.78, 5) is 20.4. The highest BCUT2D eigenvalue weighted by Crippen LogP contribution is 2.30. The highest BCUT2D eigenvalue weighted by Gasteiger charge is 2.44. The Morgan fingerprint density at radius 2 is 2.36 bits per heavy atom. The molecule has 0 aliphatic carbocycles. The predicted molar refractivity (Wildman–Crippen MR) is 82.4 cm³/mol. The zero-order valence-electron chi connectivity index (χ0n) is 13.5. The van der Waals surface area contributed by atoms with E-state index in [-0.39, 0.29) is 18.2 Å². The lowest BCUT2D eigenvalue weighted by Crippen LogP contribution is -2.50. The Balaban J connectivity index is 1.71. The Bertz CT molecular complexity index is 530. The van der Waals surface area contributed by atoms with Gasteiger partial charge in [-0.25, -0.2) is 9.78 Å². The number of amides is 2. The number of aromatic nitrogens is 2. The fraction of sp³-hybridized carbons (Fsp3) is 0.733. The Labute approximate surface area is 131 Å². The van der Waals surface area contributed by atoms with Crippen LogP contribution in [0.4, 0.5) is 4.79 Å². The number of ether oxygens (including phenoxy) is 1.